The number of carbonyl (C=O) groups excluding carboxylic acids is 1. The lowest BCUT2D eigenvalue weighted by molar-refractivity contribution is -0.137. The van der Waals surface area contributed by atoms with Crippen molar-refractivity contribution in [2.45, 2.75) is 53.3 Å². The largest absolute Gasteiger partial charge is 0.463 e. The SMILES string of the molecule is [3H]Nc1nc2cc(/C=C/C(=O)OCC)ccc2c2c1nc(COCC)n2CC(C)(C)OCCNB(C)O. The van der Waals surface area contributed by atoms with Gasteiger partial charge in [0.1, 0.15) is 17.9 Å². The standard InChI is InChI=1S/C25H36BN5O5/c1-6-34-15-20-30-22-23(31(20)16-25(3,4)36-13-12-28-26(5)33)18-10-8-17(9-11-21(32)35-7-2)14-19(18)29-24(22)27/h8-11,14,28,33H,6-7,12-13,15-16H2,1-5H3,(H2,27,29)/b11-9+/i/hT. The monoisotopic (exact) mass is 499 g/mol. The number of benzene rings is 1. The summed E-state index contributed by atoms with van der Waals surface area (Å²) in [4.78, 5) is 21.2. The molecule has 194 valence electrons. The van der Waals surface area contributed by atoms with Gasteiger partial charge >= 0.3 is 13.0 Å². The van der Waals surface area contributed by atoms with E-state index in [0.29, 0.717) is 62.2 Å². The van der Waals surface area contributed by atoms with Gasteiger partial charge in [-0.2, -0.15) is 0 Å². The maximum atomic E-state index is 11.7. The fourth-order valence-electron chi connectivity index (χ4n) is 3.91. The van der Waals surface area contributed by atoms with Gasteiger partial charge in [-0.25, -0.2) is 14.8 Å². The quantitative estimate of drug-likeness (QED) is 0.132. The van der Waals surface area contributed by atoms with Crippen molar-refractivity contribution in [1.82, 2.24) is 19.8 Å². The molecule has 2 aromatic heterocycles. The van der Waals surface area contributed by atoms with E-state index in [-0.39, 0.29) is 0 Å². The molecule has 0 radical (unpaired) electrons. The van der Waals surface area contributed by atoms with Crippen LogP contribution in [0.3, 0.4) is 0 Å². The van der Waals surface area contributed by atoms with E-state index >= 15 is 0 Å². The molecule has 10 nitrogen and oxygen atoms in total. The van der Waals surface area contributed by atoms with E-state index in [1.54, 1.807) is 19.8 Å². The molecule has 0 saturated carbocycles. The smallest absolute Gasteiger partial charge is 0.373 e. The average molecular weight is 499 g/mol. The molecule has 0 bridgehead atoms. The summed E-state index contributed by atoms with van der Waals surface area (Å²) < 4.78 is 26.7. The molecule has 0 spiro atoms. The molecule has 4 N–H and O–H groups in total. The average Bonchev–Trinajstić information content (AvgIpc) is 3.21. The number of nitrogens with zero attached hydrogens (tertiary/aromatic N) is 3. The first-order valence-electron chi connectivity index (χ1n) is 12.7. The lowest BCUT2D eigenvalue weighted by Crippen LogP contribution is -2.37. The first-order valence-corrected chi connectivity index (χ1v) is 12.2. The van der Waals surface area contributed by atoms with Crippen LogP contribution in [0.15, 0.2) is 24.3 Å². The summed E-state index contributed by atoms with van der Waals surface area (Å²) in [5, 5.41) is 13.2. The van der Waals surface area contributed by atoms with E-state index in [2.05, 4.69) is 20.5 Å². The fraction of sp³-hybridized carbons (Fsp3) is 0.480. The van der Waals surface area contributed by atoms with Crippen molar-refractivity contribution in [3.8, 4) is 0 Å². The topological polar surface area (TPSA) is 134 Å². The molecule has 0 aliphatic heterocycles. The van der Waals surface area contributed by atoms with Crippen LogP contribution < -0.4 is 11.0 Å². The maximum Gasteiger partial charge on any atom is 0.373 e. The number of rotatable bonds is 14. The van der Waals surface area contributed by atoms with Crippen LogP contribution in [0.25, 0.3) is 28.0 Å². The van der Waals surface area contributed by atoms with Crippen LogP contribution in [0.1, 0.15) is 39.1 Å². The summed E-state index contributed by atoms with van der Waals surface area (Å²) in [6, 6.07) is 5.69. The first kappa shape index (κ1) is 26.1. The van der Waals surface area contributed by atoms with E-state index < -0.39 is 18.6 Å². The van der Waals surface area contributed by atoms with Gasteiger partial charge in [0.05, 0.1) is 36.4 Å². The van der Waals surface area contributed by atoms with Crippen LogP contribution >= 0.6 is 0 Å². The molecule has 0 unspecified atom stereocenters. The Kier molecular flexibility index (Phi) is 8.92. The molecule has 11 heteroatoms. The lowest BCUT2D eigenvalue weighted by Gasteiger charge is -2.27. The minimum absolute atomic E-state index is 0.296. The van der Waals surface area contributed by atoms with Crippen molar-refractivity contribution in [3.63, 3.8) is 0 Å². The lowest BCUT2D eigenvalue weighted by atomic mass is 9.89. The van der Waals surface area contributed by atoms with E-state index in [0.717, 1.165) is 16.5 Å². The molecule has 0 aliphatic rings. The fourth-order valence-corrected chi connectivity index (χ4v) is 3.91. The zero-order chi connectivity index (χ0) is 27.0. The van der Waals surface area contributed by atoms with Gasteiger partial charge < -0.3 is 34.8 Å². The van der Waals surface area contributed by atoms with Gasteiger partial charge in [-0.1, -0.05) is 12.1 Å². The second kappa shape index (κ2) is 12.3. The van der Waals surface area contributed by atoms with Crippen molar-refractivity contribution in [2.75, 3.05) is 32.1 Å². The van der Waals surface area contributed by atoms with E-state index in [1.807, 2.05) is 39.0 Å². The molecular weight excluding hydrogens is 461 g/mol. The highest BCUT2D eigenvalue weighted by atomic mass is 16.5. The molecule has 2 heterocycles. The summed E-state index contributed by atoms with van der Waals surface area (Å²) in [5.41, 5.74) is 4.67. The number of carbonyl (C=O) groups is 1. The number of nitrogens with one attached hydrogen (secondary N) is 1. The second-order valence-corrected chi connectivity index (χ2v) is 9.01. The van der Waals surface area contributed by atoms with Crippen LogP contribution in [-0.4, -0.2) is 64.5 Å². The van der Waals surface area contributed by atoms with Crippen molar-refractivity contribution < 1.29 is 25.4 Å². The Bertz CT molecular complexity index is 1250. The van der Waals surface area contributed by atoms with Gasteiger partial charge in [-0.3, -0.25) is 0 Å². The number of hydrogen-bond acceptors (Lipinski definition) is 9. The van der Waals surface area contributed by atoms with E-state index in [1.165, 1.54) is 6.08 Å². The predicted octanol–water partition coefficient (Wildman–Crippen LogP) is 2.77. The van der Waals surface area contributed by atoms with Gasteiger partial charge in [-0.05, 0) is 52.2 Å². The summed E-state index contributed by atoms with van der Waals surface area (Å²) in [5.74, 6) is 0.613. The highest BCUT2D eigenvalue weighted by Gasteiger charge is 2.25. The van der Waals surface area contributed by atoms with Crippen LogP contribution in [0, 0.1) is 0 Å². The van der Waals surface area contributed by atoms with Crippen molar-refractivity contribution in [1.29, 1.82) is 0 Å². The highest BCUT2D eigenvalue weighted by Crippen LogP contribution is 2.31. The maximum absolute atomic E-state index is 11.7. The zero-order valence-electron chi connectivity index (χ0n) is 22.6. The summed E-state index contributed by atoms with van der Waals surface area (Å²) in [6.45, 7) is 11.9. The van der Waals surface area contributed by atoms with Crippen LogP contribution in [0.4, 0.5) is 5.82 Å². The Morgan fingerprint density at radius 3 is 2.83 bits per heavy atom. The van der Waals surface area contributed by atoms with E-state index in [9.17, 15) is 9.82 Å². The predicted molar refractivity (Wildman–Crippen MR) is 142 cm³/mol. The minimum Gasteiger partial charge on any atom is -0.463 e. The van der Waals surface area contributed by atoms with Gasteiger partial charge in [0.15, 0.2) is 7.23 Å². The first-order chi connectivity index (χ1) is 17.7. The molecule has 0 amide bonds. The molecule has 0 aliphatic carbocycles. The van der Waals surface area contributed by atoms with Crippen molar-refractivity contribution >= 4 is 46.9 Å². The molecule has 36 heavy (non-hydrogen) atoms. The van der Waals surface area contributed by atoms with Gasteiger partial charge in [0, 0.05) is 24.6 Å². The van der Waals surface area contributed by atoms with Crippen molar-refractivity contribution in [2.24, 2.45) is 0 Å². The third-order valence-corrected chi connectivity index (χ3v) is 5.49. The number of aromatic nitrogens is 3. The third kappa shape index (κ3) is 7.04. The van der Waals surface area contributed by atoms with Crippen LogP contribution in [-0.2, 0) is 32.2 Å². The molecular formula is C25H36BN5O5. The number of hydrogen-bond donors (Lipinski definition) is 3. The normalized spacial score (nSPS) is 12.4. The number of anilines is 1. The number of ether oxygens (including phenoxy) is 3. The molecule has 3 aromatic rings. The molecule has 0 saturated heterocycles. The highest BCUT2D eigenvalue weighted by molar-refractivity contribution is 6.45. The Morgan fingerprint density at radius 1 is 1.33 bits per heavy atom. The summed E-state index contributed by atoms with van der Waals surface area (Å²) in [7, 11) is -0.603. The number of esters is 1. The van der Waals surface area contributed by atoms with Crippen molar-refractivity contribution in [3.05, 3.63) is 35.7 Å². The van der Waals surface area contributed by atoms with Crippen LogP contribution in [0.5, 0.6) is 0 Å². The second-order valence-electron chi connectivity index (χ2n) is 9.01. The molecule has 1 aromatic carbocycles. The number of nitrogens with two attached hydrogens (primary N) is 1. The Balaban J connectivity index is 2.07. The summed E-state index contributed by atoms with van der Waals surface area (Å²) >= 11 is 0. The van der Waals surface area contributed by atoms with Gasteiger partial charge in [0.25, 0.3) is 0 Å². The number of fused-ring (bicyclic) bond motifs is 3. The molecule has 0 fully saturated rings. The number of nitrogen functional groups attached to an aromatic ring is 1. The Labute approximate surface area is 213 Å². The molecule has 0 atom stereocenters. The Hall–Kier alpha value is -2.99. The zero-order valence-corrected chi connectivity index (χ0v) is 21.6. The summed E-state index contributed by atoms with van der Waals surface area (Å²) in [6.07, 6.45) is 3.05. The number of imidazole rings is 1. The van der Waals surface area contributed by atoms with E-state index in [4.69, 9.17) is 20.6 Å². The van der Waals surface area contributed by atoms with Gasteiger partial charge in [0.2, 0.25) is 0 Å². The van der Waals surface area contributed by atoms with Crippen LogP contribution in [0.2, 0.25) is 8.23 Å². The Morgan fingerprint density at radius 2 is 2.14 bits per heavy atom. The third-order valence-electron chi connectivity index (χ3n) is 5.49. The minimum atomic E-state index is -0.603. The van der Waals surface area contributed by atoms with Gasteiger partial charge in [-0.15, -0.1) is 0 Å². The molecule has 3 rings (SSSR count). The number of pyridine rings is 1.